The largest absolute Gasteiger partial charge is 0.497 e. The second kappa shape index (κ2) is 12.4. The highest BCUT2D eigenvalue weighted by Gasteiger charge is 2.27. The summed E-state index contributed by atoms with van der Waals surface area (Å²) in [6.45, 7) is 5.69. The molecule has 4 rings (SSSR count). The Labute approximate surface area is 245 Å². The minimum Gasteiger partial charge on any atom is -0.497 e. The first-order chi connectivity index (χ1) is 19.9. The summed E-state index contributed by atoms with van der Waals surface area (Å²) in [5.41, 5.74) is 2.45. The van der Waals surface area contributed by atoms with Crippen molar-refractivity contribution in [3.05, 3.63) is 114 Å². The number of hydrogen-bond acceptors (Lipinski definition) is 5. The third-order valence-corrected chi connectivity index (χ3v) is 8.25. The Morgan fingerprint density at radius 1 is 0.833 bits per heavy atom. The number of amides is 2. The number of nitrogens with one attached hydrogen (secondary N) is 2. The molecule has 0 aromatic heterocycles. The third-order valence-electron chi connectivity index (χ3n) is 6.47. The Morgan fingerprint density at radius 2 is 1.43 bits per heavy atom. The number of ether oxygens (including phenoxy) is 1. The molecule has 2 amide bonds. The van der Waals surface area contributed by atoms with Crippen molar-refractivity contribution in [3.63, 3.8) is 0 Å². The van der Waals surface area contributed by atoms with Gasteiger partial charge in [0.25, 0.3) is 15.9 Å². The smallest absolute Gasteiger partial charge is 0.264 e. The molecule has 0 bridgehead atoms. The lowest BCUT2D eigenvalue weighted by Gasteiger charge is -2.24. The maximum Gasteiger partial charge on any atom is 0.264 e. The van der Waals surface area contributed by atoms with Crippen LogP contribution in [0.1, 0.15) is 36.7 Å². The van der Waals surface area contributed by atoms with E-state index in [2.05, 4.69) is 31.4 Å². The minimum atomic E-state index is -4.21. The van der Waals surface area contributed by atoms with Crippen molar-refractivity contribution in [1.82, 2.24) is 0 Å². The fourth-order valence-electron chi connectivity index (χ4n) is 4.13. The quantitative estimate of drug-likeness (QED) is 0.241. The first-order valence-corrected chi connectivity index (χ1v) is 14.5. The molecule has 4 aromatic carbocycles. The Morgan fingerprint density at radius 3 is 2.00 bits per heavy atom. The molecule has 0 aliphatic rings. The van der Waals surface area contributed by atoms with Crippen LogP contribution in [-0.4, -0.2) is 33.9 Å². The van der Waals surface area contributed by atoms with Gasteiger partial charge in [0.15, 0.2) is 0 Å². The number of anilines is 3. The highest BCUT2D eigenvalue weighted by Crippen LogP contribution is 2.26. The number of carbonyl (C=O) groups excluding carboxylic acids is 2. The van der Waals surface area contributed by atoms with Crippen molar-refractivity contribution < 1.29 is 27.1 Å². The summed E-state index contributed by atoms with van der Waals surface area (Å²) in [4.78, 5) is 25.9. The lowest BCUT2D eigenvalue weighted by Crippen LogP contribution is -2.38. The van der Waals surface area contributed by atoms with Gasteiger partial charge in [-0.05, 0) is 89.8 Å². The molecule has 0 saturated heterocycles. The van der Waals surface area contributed by atoms with Gasteiger partial charge in [-0.2, -0.15) is 0 Å². The molecule has 0 aliphatic heterocycles. The van der Waals surface area contributed by atoms with Crippen molar-refractivity contribution in [3.8, 4) is 5.75 Å². The number of rotatable bonds is 9. The van der Waals surface area contributed by atoms with E-state index in [0.29, 0.717) is 22.7 Å². The summed E-state index contributed by atoms with van der Waals surface area (Å²) in [7, 11) is -2.75. The van der Waals surface area contributed by atoms with E-state index >= 15 is 0 Å². The second-order valence-electron chi connectivity index (χ2n) is 10.6. The lowest BCUT2D eigenvalue weighted by molar-refractivity contribution is -0.114. The van der Waals surface area contributed by atoms with Crippen LogP contribution in [0.5, 0.6) is 5.75 Å². The zero-order chi connectivity index (χ0) is 30.5. The molecule has 0 aliphatic carbocycles. The molecule has 0 fully saturated rings. The van der Waals surface area contributed by atoms with Gasteiger partial charge < -0.3 is 15.4 Å². The Kier molecular flexibility index (Phi) is 8.96. The van der Waals surface area contributed by atoms with Crippen molar-refractivity contribution in [2.75, 3.05) is 28.6 Å². The summed E-state index contributed by atoms with van der Waals surface area (Å²) >= 11 is 0. The molecule has 0 saturated carbocycles. The van der Waals surface area contributed by atoms with Gasteiger partial charge in [0, 0.05) is 16.9 Å². The van der Waals surface area contributed by atoms with Crippen LogP contribution in [0.25, 0.3) is 0 Å². The first kappa shape index (κ1) is 30.3. The molecule has 4 aromatic rings. The molecule has 0 heterocycles. The van der Waals surface area contributed by atoms with E-state index in [-0.39, 0.29) is 21.9 Å². The van der Waals surface area contributed by atoms with E-state index in [1.165, 1.54) is 43.5 Å². The lowest BCUT2D eigenvalue weighted by atomic mass is 9.87. The fourth-order valence-corrected chi connectivity index (χ4v) is 5.55. The van der Waals surface area contributed by atoms with Gasteiger partial charge >= 0.3 is 0 Å². The zero-order valence-electron chi connectivity index (χ0n) is 23.7. The number of sulfonamides is 1. The number of benzene rings is 4. The molecule has 218 valence electrons. The van der Waals surface area contributed by atoms with Crippen LogP contribution in [0.15, 0.2) is 102 Å². The van der Waals surface area contributed by atoms with Gasteiger partial charge in [-0.15, -0.1) is 0 Å². The van der Waals surface area contributed by atoms with Gasteiger partial charge in [0.1, 0.15) is 18.1 Å². The number of hydrogen-bond donors (Lipinski definition) is 2. The Hall–Kier alpha value is -4.70. The van der Waals surface area contributed by atoms with Gasteiger partial charge in [-0.1, -0.05) is 39.0 Å². The van der Waals surface area contributed by atoms with Crippen LogP contribution < -0.4 is 19.7 Å². The van der Waals surface area contributed by atoms with Gasteiger partial charge in [0.05, 0.1) is 17.7 Å². The summed E-state index contributed by atoms with van der Waals surface area (Å²) in [5.74, 6) is -1.03. The zero-order valence-corrected chi connectivity index (χ0v) is 24.5. The minimum absolute atomic E-state index is 0.0399. The summed E-state index contributed by atoms with van der Waals surface area (Å²) < 4.78 is 46.7. The van der Waals surface area contributed by atoms with Crippen LogP contribution in [0.3, 0.4) is 0 Å². The van der Waals surface area contributed by atoms with E-state index < -0.39 is 28.3 Å². The average molecular weight is 590 g/mol. The predicted molar refractivity (Wildman–Crippen MR) is 162 cm³/mol. The average Bonchev–Trinajstić information content (AvgIpc) is 2.96. The highest BCUT2D eigenvalue weighted by molar-refractivity contribution is 7.92. The maximum absolute atomic E-state index is 13.6. The van der Waals surface area contributed by atoms with Crippen LogP contribution in [0.4, 0.5) is 21.5 Å². The number of carbonyl (C=O) groups is 2. The van der Waals surface area contributed by atoms with E-state index in [0.717, 1.165) is 22.0 Å². The maximum atomic E-state index is 13.6. The molecule has 0 unspecified atom stereocenters. The van der Waals surface area contributed by atoms with E-state index in [4.69, 9.17) is 4.74 Å². The Bertz CT molecular complexity index is 1670. The Balaban J connectivity index is 1.51. The molecular weight excluding hydrogens is 557 g/mol. The van der Waals surface area contributed by atoms with Gasteiger partial charge in [0.2, 0.25) is 5.91 Å². The van der Waals surface area contributed by atoms with E-state index in [1.807, 2.05) is 12.1 Å². The molecule has 10 heteroatoms. The SMILES string of the molecule is COc1ccc(S(=O)(=O)N(CC(=O)Nc2cccc(NC(=O)c3ccc(C(C)(C)C)cc3)c2)c2ccc(F)cc2)cc1. The third kappa shape index (κ3) is 7.32. The summed E-state index contributed by atoms with van der Waals surface area (Å²) in [5, 5.41) is 5.50. The fraction of sp³-hybridized carbons (Fsp3) is 0.188. The second-order valence-corrected chi connectivity index (χ2v) is 12.4. The number of methoxy groups -OCH3 is 1. The standard InChI is InChI=1S/C32H32FN3O5S/c1-32(2,3)23-10-8-22(9-11-23)31(38)35-26-7-5-6-25(20-26)34-30(37)21-36(27-14-12-24(33)13-15-27)42(39,40)29-18-16-28(41-4)17-19-29/h5-20H,21H2,1-4H3,(H,34,37)(H,35,38). The van der Waals surface area contributed by atoms with Crippen molar-refractivity contribution in [2.45, 2.75) is 31.1 Å². The molecule has 0 spiro atoms. The molecule has 42 heavy (non-hydrogen) atoms. The summed E-state index contributed by atoms with van der Waals surface area (Å²) in [6, 6.07) is 24.4. The monoisotopic (exact) mass is 589 g/mol. The van der Waals surface area contributed by atoms with Gasteiger partial charge in [-0.25, -0.2) is 12.8 Å². The molecule has 8 nitrogen and oxygen atoms in total. The normalized spacial score (nSPS) is 11.5. The van der Waals surface area contributed by atoms with Crippen molar-refractivity contribution >= 4 is 38.9 Å². The molecule has 0 atom stereocenters. The van der Waals surface area contributed by atoms with Crippen LogP contribution in [-0.2, 0) is 20.2 Å². The van der Waals surface area contributed by atoms with Crippen molar-refractivity contribution in [1.29, 1.82) is 0 Å². The van der Waals surface area contributed by atoms with E-state index in [1.54, 1.807) is 36.4 Å². The number of halogens is 1. The van der Waals surface area contributed by atoms with Crippen LogP contribution >= 0.6 is 0 Å². The predicted octanol–water partition coefficient (Wildman–Crippen LogP) is 6.22. The van der Waals surface area contributed by atoms with Gasteiger partial charge in [-0.3, -0.25) is 13.9 Å². The molecular formula is C32H32FN3O5S. The molecule has 0 radical (unpaired) electrons. The van der Waals surface area contributed by atoms with Crippen LogP contribution in [0.2, 0.25) is 0 Å². The number of nitrogens with zero attached hydrogens (tertiary/aromatic N) is 1. The van der Waals surface area contributed by atoms with Crippen LogP contribution in [0, 0.1) is 5.82 Å². The summed E-state index contributed by atoms with van der Waals surface area (Å²) in [6.07, 6.45) is 0. The highest BCUT2D eigenvalue weighted by atomic mass is 32.2. The van der Waals surface area contributed by atoms with E-state index in [9.17, 15) is 22.4 Å². The topological polar surface area (TPSA) is 105 Å². The first-order valence-electron chi connectivity index (χ1n) is 13.1. The molecule has 2 N–H and O–H groups in total. The van der Waals surface area contributed by atoms with Crippen molar-refractivity contribution in [2.24, 2.45) is 0 Å².